The molecule has 3 N–H and O–H groups in total. The Bertz CT molecular complexity index is 645. The van der Waals surface area contributed by atoms with Gasteiger partial charge in [0, 0.05) is 0 Å². The monoisotopic (exact) mass is 226 g/mol. The van der Waals surface area contributed by atoms with Gasteiger partial charge in [-0.05, 0) is 12.1 Å². The second-order valence-electron chi connectivity index (χ2n) is 3.53. The van der Waals surface area contributed by atoms with Gasteiger partial charge in [-0.3, -0.25) is 5.84 Å². The zero-order chi connectivity index (χ0) is 11.7. The first kappa shape index (κ1) is 9.73. The number of benzene rings is 1. The highest BCUT2D eigenvalue weighted by Gasteiger charge is 2.09. The molecule has 0 aliphatic carbocycles. The first-order valence-corrected chi connectivity index (χ1v) is 5.11. The predicted octanol–water partition coefficient (Wildman–Crippen LogP) is 1.10. The van der Waals surface area contributed by atoms with E-state index in [-0.39, 0.29) is 0 Å². The van der Waals surface area contributed by atoms with Gasteiger partial charge in [0.2, 0.25) is 0 Å². The highest BCUT2D eigenvalue weighted by atomic mass is 15.3. The van der Waals surface area contributed by atoms with Crippen molar-refractivity contribution in [2.75, 3.05) is 5.43 Å². The van der Waals surface area contributed by atoms with E-state index in [4.69, 9.17) is 5.84 Å². The van der Waals surface area contributed by atoms with E-state index in [9.17, 15) is 0 Å². The molecule has 0 saturated heterocycles. The summed E-state index contributed by atoms with van der Waals surface area (Å²) in [6.45, 7) is 0. The average Bonchev–Trinajstić information content (AvgIpc) is 2.83. The largest absolute Gasteiger partial charge is 0.322 e. The van der Waals surface area contributed by atoms with Crippen LogP contribution >= 0.6 is 0 Å². The zero-order valence-corrected chi connectivity index (χ0v) is 8.91. The van der Waals surface area contributed by atoms with Gasteiger partial charge in [-0.2, -0.15) is 10.2 Å². The number of anilines is 1. The van der Waals surface area contributed by atoms with Crippen molar-refractivity contribution in [3.8, 4) is 5.69 Å². The van der Waals surface area contributed by atoms with Crippen LogP contribution in [0.5, 0.6) is 0 Å². The van der Waals surface area contributed by atoms with E-state index in [1.165, 1.54) is 0 Å². The van der Waals surface area contributed by atoms with Crippen LogP contribution in [-0.2, 0) is 0 Å². The number of nitrogen functional groups attached to an aromatic ring is 1. The van der Waals surface area contributed by atoms with Crippen molar-refractivity contribution >= 4 is 16.7 Å². The van der Waals surface area contributed by atoms with Crippen molar-refractivity contribution in [2.24, 2.45) is 5.84 Å². The van der Waals surface area contributed by atoms with Gasteiger partial charge in [0.25, 0.3) is 0 Å². The van der Waals surface area contributed by atoms with Crippen LogP contribution < -0.4 is 11.3 Å². The third-order valence-corrected chi connectivity index (χ3v) is 2.53. The summed E-state index contributed by atoms with van der Waals surface area (Å²) < 4.78 is 1.73. The molecule has 84 valence electrons. The first-order valence-electron chi connectivity index (χ1n) is 5.11. The summed E-state index contributed by atoms with van der Waals surface area (Å²) in [7, 11) is 0. The maximum atomic E-state index is 5.41. The Labute approximate surface area is 97.0 Å². The van der Waals surface area contributed by atoms with Crippen LogP contribution in [0.25, 0.3) is 16.7 Å². The van der Waals surface area contributed by atoms with E-state index in [2.05, 4.69) is 20.7 Å². The van der Waals surface area contributed by atoms with Crippen molar-refractivity contribution in [1.82, 2.24) is 20.0 Å². The average molecular weight is 226 g/mol. The maximum Gasteiger partial charge on any atom is 0.187 e. The van der Waals surface area contributed by atoms with Crippen molar-refractivity contribution in [2.45, 2.75) is 0 Å². The smallest absolute Gasteiger partial charge is 0.187 e. The number of nitrogens with zero attached hydrogens (tertiary/aromatic N) is 4. The minimum Gasteiger partial charge on any atom is -0.322 e. The number of hydrogen-bond acceptors (Lipinski definition) is 5. The van der Waals surface area contributed by atoms with Crippen LogP contribution in [0.3, 0.4) is 0 Å². The predicted molar refractivity (Wildman–Crippen MR) is 64.5 cm³/mol. The SMILES string of the molecule is NNc1cnnc2c1cnn2-c1ccccc1. The molecule has 0 bridgehead atoms. The lowest BCUT2D eigenvalue weighted by Gasteiger charge is -2.02. The molecule has 0 radical (unpaired) electrons. The molecule has 0 amide bonds. The highest BCUT2D eigenvalue weighted by Crippen LogP contribution is 2.21. The van der Waals surface area contributed by atoms with E-state index in [1.807, 2.05) is 30.3 Å². The number of para-hydroxylation sites is 1. The molecule has 0 saturated carbocycles. The lowest BCUT2D eigenvalue weighted by molar-refractivity contribution is 0.880. The summed E-state index contributed by atoms with van der Waals surface area (Å²) >= 11 is 0. The molecule has 17 heavy (non-hydrogen) atoms. The number of nitrogens with one attached hydrogen (secondary N) is 1. The molecule has 3 rings (SSSR count). The quantitative estimate of drug-likeness (QED) is 0.505. The molecular formula is C11H10N6. The fourth-order valence-electron chi connectivity index (χ4n) is 1.71. The molecule has 0 aliphatic rings. The topological polar surface area (TPSA) is 81.7 Å². The van der Waals surface area contributed by atoms with Gasteiger partial charge in [-0.1, -0.05) is 18.2 Å². The van der Waals surface area contributed by atoms with Gasteiger partial charge < -0.3 is 5.43 Å². The molecule has 6 nitrogen and oxygen atoms in total. The summed E-state index contributed by atoms with van der Waals surface area (Å²) in [6.07, 6.45) is 3.28. The van der Waals surface area contributed by atoms with E-state index < -0.39 is 0 Å². The lowest BCUT2D eigenvalue weighted by atomic mass is 10.3. The molecule has 0 spiro atoms. The van der Waals surface area contributed by atoms with E-state index >= 15 is 0 Å². The summed E-state index contributed by atoms with van der Waals surface area (Å²) in [5, 5.41) is 13.1. The number of hydrogen-bond donors (Lipinski definition) is 2. The standard InChI is InChI=1S/C11H10N6/c12-15-10-7-13-16-11-9(10)6-14-17(11)8-4-2-1-3-5-8/h1-7H,12H2,(H,15,16). The first-order chi connectivity index (χ1) is 8.40. The van der Waals surface area contributed by atoms with Gasteiger partial charge >= 0.3 is 0 Å². The van der Waals surface area contributed by atoms with E-state index in [0.29, 0.717) is 11.3 Å². The summed E-state index contributed by atoms with van der Waals surface area (Å²) in [6, 6.07) is 9.75. The van der Waals surface area contributed by atoms with E-state index in [0.717, 1.165) is 11.1 Å². The fraction of sp³-hybridized carbons (Fsp3) is 0. The number of hydrazine groups is 1. The van der Waals surface area contributed by atoms with Gasteiger partial charge in [0.1, 0.15) is 0 Å². The Hall–Kier alpha value is -2.47. The summed E-state index contributed by atoms with van der Waals surface area (Å²) in [5.74, 6) is 5.41. The molecule has 3 aromatic rings. The van der Waals surface area contributed by atoms with Gasteiger partial charge in [-0.15, -0.1) is 5.10 Å². The van der Waals surface area contributed by atoms with Gasteiger partial charge in [0.15, 0.2) is 5.65 Å². The summed E-state index contributed by atoms with van der Waals surface area (Å²) in [5.41, 5.74) is 4.89. The molecule has 1 aromatic carbocycles. The normalized spacial score (nSPS) is 10.6. The van der Waals surface area contributed by atoms with Crippen LogP contribution in [0.2, 0.25) is 0 Å². The van der Waals surface area contributed by atoms with Crippen molar-refractivity contribution in [3.63, 3.8) is 0 Å². The Morgan fingerprint density at radius 3 is 2.71 bits per heavy atom. The number of rotatable bonds is 2. The van der Waals surface area contributed by atoms with Crippen LogP contribution in [0.15, 0.2) is 42.7 Å². The maximum absolute atomic E-state index is 5.41. The lowest BCUT2D eigenvalue weighted by Crippen LogP contribution is -2.08. The van der Waals surface area contributed by atoms with Crippen LogP contribution in [0.4, 0.5) is 5.69 Å². The minimum atomic E-state index is 0.673. The molecule has 2 heterocycles. The van der Waals surface area contributed by atoms with E-state index in [1.54, 1.807) is 17.1 Å². The Balaban J connectivity index is 2.26. The zero-order valence-electron chi connectivity index (χ0n) is 8.91. The molecule has 0 atom stereocenters. The molecule has 6 heteroatoms. The van der Waals surface area contributed by atoms with Crippen LogP contribution in [0.1, 0.15) is 0 Å². The third kappa shape index (κ3) is 1.51. The second kappa shape index (κ2) is 3.84. The molecular weight excluding hydrogens is 216 g/mol. The van der Waals surface area contributed by atoms with Gasteiger partial charge in [-0.25, -0.2) is 4.68 Å². The molecule has 0 aliphatic heterocycles. The Morgan fingerprint density at radius 1 is 1.12 bits per heavy atom. The summed E-state index contributed by atoms with van der Waals surface area (Å²) in [4.78, 5) is 0. The van der Waals surface area contributed by atoms with Gasteiger partial charge in [0.05, 0.1) is 29.2 Å². The van der Waals surface area contributed by atoms with Crippen molar-refractivity contribution in [3.05, 3.63) is 42.7 Å². The minimum absolute atomic E-state index is 0.673. The number of nitrogens with two attached hydrogens (primary N) is 1. The molecule has 0 unspecified atom stereocenters. The van der Waals surface area contributed by atoms with Crippen LogP contribution in [0, 0.1) is 0 Å². The Morgan fingerprint density at radius 2 is 1.94 bits per heavy atom. The van der Waals surface area contributed by atoms with Crippen molar-refractivity contribution in [1.29, 1.82) is 0 Å². The number of fused-ring (bicyclic) bond motifs is 1. The highest BCUT2D eigenvalue weighted by molar-refractivity contribution is 5.88. The second-order valence-corrected chi connectivity index (χ2v) is 3.53. The Kier molecular flexibility index (Phi) is 2.20. The number of aromatic nitrogens is 4. The fourth-order valence-corrected chi connectivity index (χ4v) is 1.71. The van der Waals surface area contributed by atoms with Crippen molar-refractivity contribution < 1.29 is 0 Å². The van der Waals surface area contributed by atoms with Crippen LogP contribution in [-0.4, -0.2) is 20.0 Å². The third-order valence-electron chi connectivity index (χ3n) is 2.53. The molecule has 2 aromatic heterocycles. The molecule has 0 fully saturated rings.